The van der Waals surface area contributed by atoms with E-state index in [1.54, 1.807) is 6.07 Å². The minimum Gasteiger partial charge on any atom is -0.508 e. The maximum Gasteiger partial charge on any atom is 0.116 e. The third kappa shape index (κ3) is 1.98. The standard InChI is InChI=1S/C13H16O/c1-10-7-12(9-13(14)8-10)11-5-3-2-4-6-11/h3,5,7-9,11,14H,2,4,6H2,1H3. The molecule has 1 atom stereocenters. The summed E-state index contributed by atoms with van der Waals surface area (Å²) in [4.78, 5) is 0. The quantitative estimate of drug-likeness (QED) is 0.668. The van der Waals surface area contributed by atoms with Crippen molar-refractivity contribution in [3.63, 3.8) is 0 Å². The molecule has 0 amide bonds. The molecule has 1 unspecified atom stereocenters. The van der Waals surface area contributed by atoms with E-state index in [0.29, 0.717) is 11.7 Å². The average Bonchev–Trinajstić information content (AvgIpc) is 2.18. The topological polar surface area (TPSA) is 20.2 Å². The molecule has 0 bridgehead atoms. The third-order valence-electron chi connectivity index (χ3n) is 2.77. The molecule has 1 aliphatic rings. The van der Waals surface area contributed by atoms with Gasteiger partial charge >= 0.3 is 0 Å². The van der Waals surface area contributed by atoms with Gasteiger partial charge in [-0.15, -0.1) is 0 Å². The zero-order valence-corrected chi connectivity index (χ0v) is 8.53. The van der Waals surface area contributed by atoms with Crippen molar-refractivity contribution in [3.8, 4) is 5.75 Å². The summed E-state index contributed by atoms with van der Waals surface area (Å²) in [7, 11) is 0. The van der Waals surface area contributed by atoms with Crippen molar-refractivity contribution in [2.75, 3.05) is 0 Å². The molecule has 14 heavy (non-hydrogen) atoms. The lowest BCUT2D eigenvalue weighted by Gasteiger charge is -2.17. The van der Waals surface area contributed by atoms with Gasteiger partial charge in [0, 0.05) is 5.92 Å². The van der Waals surface area contributed by atoms with Crippen LogP contribution >= 0.6 is 0 Å². The fraction of sp³-hybridized carbons (Fsp3) is 0.385. The van der Waals surface area contributed by atoms with Gasteiger partial charge in [0.05, 0.1) is 0 Å². The van der Waals surface area contributed by atoms with Gasteiger partial charge in [-0.1, -0.05) is 18.2 Å². The summed E-state index contributed by atoms with van der Waals surface area (Å²) < 4.78 is 0. The van der Waals surface area contributed by atoms with Crippen LogP contribution in [-0.4, -0.2) is 5.11 Å². The van der Waals surface area contributed by atoms with Crippen LogP contribution in [-0.2, 0) is 0 Å². The first-order chi connectivity index (χ1) is 6.75. The van der Waals surface area contributed by atoms with Crippen LogP contribution in [0.25, 0.3) is 0 Å². The second-order valence-electron chi connectivity index (χ2n) is 4.07. The van der Waals surface area contributed by atoms with Crippen LogP contribution in [0.5, 0.6) is 5.75 Å². The van der Waals surface area contributed by atoms with Crippen molar-refractivity contribution in [2.45, 2.75) is 32.1 Å². The van der Waals surface area contributed by atoms with E-state index in [0.717, 1.165) is 5.56 Å². The molecule has 0 spiro atoms. The van der Waals surface area contributed by atoms with Gasteiger partial charge in [-0.25, -0.2) is 0 Å². The van der Waals surface area contributed by atoms with Gasteiger partial charge in [-0.2, -0.15) is 0 Å². The number of rotatable bonds is 1. The van der Waals surface area contributed by atoms with Crippen LogP contribution in [0.2, 0.25) is 0 Å². The van der Waals surface area contributed by atoms with Crippen molar-refractivity contribution < 1.29 is 5.11 Å². The lowest BCUT2D eigenvalue weighted by Crippen LogP contribution is -1.99. The first-order valence-electron chi connectivity index (χ1n) is 5.23. The molecule has 0 aliphatic heterocycles. The van der Waals surface area contributed by atoms with Gasteiger partial charge in [0.1, 0.15) is 5.75 Å². The highest BCUT2D eigenvalue weighted by atomic mass is 16.3. The Morgan fingerprint density at radius 3 is 2.79 bits per heavy atom. The summed E-state index contributed by atoms with van der Waals surface area (Å²) in [6.45, 7) is 2.02. The molecule has 0 fully saturated rings. The predicted octanol–water partition coefficient (Wildman–Crippen LogP) is 3.52. The van der Waals surface area contributed by atoms with Crippen LogP contribution in [0.3, 0.4) is 0 Å². The van der Waals surface area contributed by atoms with E-state index in [1.165, 1.54) is 24.8 Å². The highest BCUT2D eigenvalue weighted by Gasteiger charge is 2.11. The monoisotopic (exact) mass is 188 g/mol. The van der Waals surface area contributed by atoms with E-state index in [9.17, 15) is 5.11 Å². The average molecular weight is 188 g/mol. The first kappa shape index (κ1) is 9.32. The Labute approximate surface area is 85.1 Å². The molecular weight excluding hydrogens is 172 g/mol. The Morgan fingerprint density at radius 1 is 1.29 bits per heavy atom. The number of aromatic hydroxyl groups is 1. The summed E-state index contributed by atoms with van der Waals surface area (Å²) in [5, 5.41) is 9.50. The maximum atomic E-state index is 9.50. The van der Waals surface area contributed by atoms with Crippen LogP contribution in [0.15, 0.2) is 30.4 Å². The van der Waals surface area contributed by atoms with Crippen molar-refractivity contribution >= 4 is 0 Å². The fourth-order valence-corrected chi connectivity index (χ4v) is 2.10. The molecule has 1 nitrogen and oxygen atoms in total. The third-order valence-corrected chi connectivity index (χ3v) is 2.77. The van der Waals surface area contributed by atoms with Gasteiger partial charge in [0.2, 0.25) is 0 Å². The number of phenolic OH excluding ortho intramolecular Hbond substituents is 1. The Hall–Kier alpha value is -1.24. The minimum atomic E-state index is 0.388. The van der Waals surface area contributed by atoms with E-state index in [-0.39, 0.29) is 0 Å². The second kappa shape index (κ2) is 3.87. The van der Waals surface area contributed by atoms with Crippen LogP contribution < -0.4 is 0 Å². The first-order valence-corrected chi connectivity index (χ1v) is 5.23. The fourth-order valence-electron chi connectivity index (χ4n) is 2.10. The molecule has 74 valence electrons. The smallest absolute Gasteiger partial charge is 0.116 e. The van der Waals surface area contributed by atoms with E-state index < -0.39 is 0 Å². The Morgan fingerprint density at radius 2 is 2.14 bits per heavy atom. The molecule has 1 aromatic rings. The SMILES string of the molecule is Cc1cc(O)cc(C2C=CCCC2)c1. The van der Waals surface area contributed by atoms with Crippen LogP contribution in [0.1, 0.15) is 36.3 Å². The van der Waals surface area contributed by atoms with Gasteiger partial charge in [0.15, 0.2) is 0 Å². The molecule has 1 N–H and O–H groups in total. The summed E-state index contributed by atoms with van der Waals surface area (Å²) >= 11 is 0. The molecule has 2 rings (SSSR count). The van der Waals surface area contributed by atoms with Gasteiger partial charge < -0.3 is 5.11 Å². The zero-order chi connectivity index (χ0) is 9.97. The molecule has 0 saturated heterocycles. The number of phenols is 1. The summed E-state index contributed by atoms with van der Waals surface area (Å²) in [6.07, 6.45) is 8.18. The van der Waals surface area contributed by atoms with Crippen LogP contribution in [0, 0.1) is 6.92 Å². The summed E-state index contributed by atoms with van der Waals surface area (Å²) in [5.74, 6) is 0.897. The Kier molecular flexibility index (Phi) is 2.58. The molecule has 0 heterocycles. The lowest BCUT2D eigenvalue weighted by molar-refractivity contribution is 0.473. The molecule has 1 aromatic carbocycles. The Balaban J connectivity index is 2.30. The number of benzene rings is 1. The van der Waals surface area contributed by atoms with Crippen molar-refractivity contribution in [1.29, 1.82) is 0 Å². The molecule has 1 aliphatic carbocycles. The summed E-state index contributed by atoms with van der Waals surface area (Å²) in [5.41, 5.74) is 2.39. The molecule has 1 heteroatoms. The predicted molar refractivity (Wildman–Crippen MR) is 58.6 cm³/mol. The highest BCUT2D eigenvalue weighted by Crippen LogP contribution is 2.30. The van der Waals surface area contributed by atoms with E-state index >= 15 is 0 Å². The van der Waals surface area contributed by atoms with Crippen molar-refractivity contribution in [1.82, 2.24) is 0 Å². The zero-order valence-electron chi connectivity index (χ0n) is 8.53. The number of hydrogen-bond donors (Lipinski definition) is 1. The van der Waals surface area contributed by atoms with E-state index in [4.69, 9.17) is 0 Å². The van der Waals surface area contributed by atoms with E-state index in [2.05, 4.69) is 18.2 Å². The number of allylic oxidation sites excluding steroid dienone is 2. The van der Waals surface area contributed by atoms with Crippen LogP contribution in [0.4, 0.5) is 0 Å². The Bertz CT molecular complexity index is 332. The van der Waals surface area contributed by atoms with E-state index in [1.807, 2.05) is 13.0 Å². The van der Waals surface area contributed by atoms with Crippen molar-refractivity contribution in [3.05, 3.63) is 41.5 Å². The normalized spacial score (nSPS) is 21.1. The van der Waals surface area contributed by atoms with Gasteiger partial charge in [-0.05, 0) is 49.4 Å². The summed E-state index contributed by atoms with van der Waals surface area (Å²) in [6, 6.07) is 5.85. The van der Waals surface area contributed by atoms with Crippen molar-refractivity contribution in [2.24, 2.45) is 0 Å². The van der Waals surface area contributed by atoms with Gasteiger partial charge in [-0.3, -0.25) is 0 Å². The lowest BCUT2D eigenvalue weighted by atomic mass is 9.88. The largest absolute Gasteiger partial charge is 0.508 e. The number of hydrogen-bond acceptors (Lipinski definition) is 1. The molecular formula is C13H16O. The second-order valence-corrected chi connectivity index (χ2v) is 4.07. The molecule has 0 saturated carbocycles. The number of aryl methyl sites for hydroxylation is 1. The molecule has 0 radical (unpaired) electrons. The minimum absolute atomic E-state index is 0.388. The maximum absolute atomic E-state index is 9.50. The highest BCUT2D eigenvalue weighted by molar-refractivity contribution is 5.36. The van der Waals surface area contributed by atoms with Gasteiger partial charge in [0.25, 0.3) is 0 Å². The molecule has 0 aromatic heterocycles.